The molecule has 1 aliphatic rings. The average Bonchev–Trinajstić information content (AvgIpc) is 2.58. The lowest BCUT2D eigenvalue weighted by atomic mass is 9.98. The van der Waals surface area contributed by atoms with Crippen LogP contribution in [-0.4, -0.2) is 22.4 Å². The minimum Gasteiger partial charge on any atom is -0.314 e. The van der Waals surface area contributed by atoms with Gasteiger partial charge in [-0.3, -0.25) is 4.68 Å². The van der Waals surface area contributed by atoms with Crippen LogP contribution < -0.4 is 5.32 Å². The molecule has 1 aliphatic heterocycles. The highest BCUT2D eigenvalue weighted by atomic mass is 15.3. The van der Waals surface area contributed by atoms with Crippen LogP contribution in [0.25, 0.3) is 6.08 Å². The molecule has 0 bridgehead atoms. The van der Waals surface area contributed by atoms with Gasteiger partial charge in [-0.15, -0.1) is 0 Å². The maximum atomic E-state index is 4.37. The molecule has 0 radical (unpaired) electrons. The van der Waals surface area contributed by atoms with Crippen LogP contribution in [0.1, 0.15) is 44.0 Å². The molecule has 1 N–H and O–H groups in total. The van der Waals surface area contributed by atoms with Crippen LogP contribution in [0.5, 0.6) is 0 Å². The van der Waals surface area contributed by atoms with E-state index >= 15 is 0 Å². The van der Waals surface area contributed by atoms with Crippen molar-refractivity contribution in [3.63, 3.8) is 0 Å². The molecule has 0 amide bonds. The van der Waals surface area contributed by atoms with E-state index in [-0.39, 0.29) is 0 Å². The summed E-state index contributed by atoms with van der Waals surface area (Å²) in [5.41, 5.74) is 3.73. The van der Waals surface area contributed by atoms with Gasteiger partial charge in [-0.05, 0) is 51.8 Å². The first-order valence-corrected chi connectivity index (χ1v) is 6.56. The van der Waals surface area contributed by atoms with Crippen molar-refractivity contribution < 1.29 is 0 Å². The third-order valence-corrected chi connectivity index (χ3v) is 3.41. The van der Waals surface area contributed by atoms with Crippen molar-refractivity contribution in [1.29, 1.82) is 0 Å². The summed E-state index contributed by atoms with van der Waals surface area (Å²) in [6.45, 7) is 5.44. The molecule has 1 unspecified atom stereocenters. The molecule has 3 nitrogen and oxygen atoms in total. The van der Waals surface area contributed by atoms with E-state index in [2.05, 4.69) is 29.5 Å². The molecule has 0 aliphatic carbocycles. The predicted octanol–water partition coefficient (Wildman–Crippen LogP) is 2.66. The topological polar surface area (TPSA) is 29.9 Å². The van der Waals surface area contributed by atoms with E-state index in [0.717, 1.165) is 12.1 Å². The number of aryl methyl sites for hydroxylation is 2. The molecule has 1 aromatic heterocycles. The van der Waals surface area contributed by atoms with Crippen LogP contribution in [0.3, 0.4) is 0 Å². The van der Waals surface area contributed by atoms with Crippen molar-refractivity contribution in [1.82, 2.24) is 15.1 Å². The monoisotopic (exact) mass is 233 g/mol. The average molecular weight is 233 g/mol. The molecular weight excluding hydrogens is 210 g/mol. The third kappa shape index (κ3) is 3.43. The minimum absolute atomic E-state index is 0.675. The number of nitrogens with one attached hydrogen (secondary N) is 1. The van der Waals surface area contributed by atoms with Crippen LogP contribution in [0, 0.1) is 6.92 Å². The van der Waals surface area contributed by atoms with Crippen LogP contribution in [0.4, 0.5) is 0 Å². The van der Waals surface area contributed by atoms with Gasteiger partial charge in [0.15, 0.2) is 0 Å². The maximum absolute atomic E-state index is 4.37. The molecule has 94 valence electrons. The fourth-order valence-electron chi connectivity index (χ4n) is 2.56. The van der Waals surface area contributed by atoms with Crippen LogP contribution in [-0.2, 0) is 7.05 Å². The molecule has 2 heterocycles. The number of hydrogen-bond acceptors (Lipinski definition) is 2. The lowest BCUT2D eigenvalue weighted by molar-refractivity contribution is 0.399. The van der Waals surface area contributed by atoms with Crippen molar-refractivity contribution in [2.24, 2.45) is 7.05 Å². The summed E-state index contributed by atoms with van der Waals surface area (Å²) < 4.78 is 1.95. The van der Waals surface area contributed by atoms with Gasteiger partial charge < -0.3 is 5.32 Å². The Balaban J connectivity index is 1.98. The molecule has 1 saturated heterocycles. The first-order valence-electron chi connectivity index (χ1n) is 6.56. The van der Waals surface area contributed by atoms with Gasteiger partial charge in [0, 0.05) is 13.1 Å². The molecule has 0 saturated carbocycles. The summed E-state index contributed by atoms with van der Waals surface area (Å²) in [7, 11) is 2.00. The number of piperidine rings is 1. The quantitative estimate of drug-likeness (QED) is 0.870. The fraction of sp³-hybridized carbons (Fsp3) is 0.643. The Hall–Kier alpha value is -1.09. The second kappa shape index (κ2) is 5.50. The molecule has 0 spiro atoms. The number of rotatable bonds is 3. The normalized spacial score (nSPS) is 21.8. The van der Waals surface area contributed by atoms with Crippen LogP contribution in [0.2, 0.25) is 0 Å². The van der Waals surface area contributed by atoms with Gasteiger partial charge in [0.25, 0.3) is 0 Å². The Bertz CT molecular complexity index is 398. The molecule has 3 heteroatoms. The van der Waals surface area contributed by atoms with Gasteiger partial charge in [0.05, 0.1) is 11.4 Å². The van der Waals surface area contributed by atoms with Crippen molar-refractivity contribution in [2.75, 3.05) is 6.54 Å². The van der Waals surface area contributed by atoms with E-state index < -0.39 is 0 Å². The SMILES string of the molecule is CC(=Cc1cc(C)nn1C)CC1CCCCN1. The van der Waals surface area contributed by atoms with E-state index in [0.29, 0.717) is 6.04 Å². The summed E-state index contributed by atoms with van der Waals surface area (Å²) in [6.07, 6.45) is 7.44. The molecule has 2 rings (SSSR count). The van der Waals surface area contributed by atoms with E-state index in [9.17, 15) is 0 Å². The van der Waals surface area contributed by atoms with Crippen molar-refractivity contribution in [3.05, 3.63) is 23.0 Å². The fourth-order valence-corrected chi connectivity index (χ4v) is 2.56. The summed E-state index contributed by atoms with van der Waals surface area (Å²) in [5, 5.41) is 7.96. The zero-order valence-corrected chi connectivity index (χ0v) is 11.2. The van der Waals surface area contributed by atoms with Crippen molar-refractivity contribution in [3.8, 4) is 0 Å². The van der Waals surface area contributed by atoms with Crippen LogP contribution in [0.15, 0.2) is 11.6 Å². The second-order valence-corrected chi connectivity index (χ2v) is 5.18. The highest BCUT2D eigenvalue weighted by Gasteiger charge is 2.12. The van der Waals surface area contributed by atoms with Gasteiger partial charge in [-0.25, -0.2) is 0 Å². The summed E-state index contributed by atoms with van der Waals surface area (Å²) in [5.74, 6) is 0. The Morgan fingerprint density at radius 1 is 1.59 bits per heavy atom. The van der Waals surface area contributed by atoms with E-state index in [4.69, 9.17) is 0 Å². The number of nitrogens with zero attached hydrogens (tertiary/aromatic N) is 2. The Labute approximate surface area is 104 Å². The highest BCUT2D eigenvalue weighted by Crippen LogP contribution is 2.17. The minimum atomic E-state index is 0.675. The summed E-state index contributed by atoms with van der Waals surface area (Å²) >= 11 is 0. The predicted molar refractivity (Wildman–Crippen MR) is 71.9 cm³/mol. The first-order chi connectivity index (χ1) is 8.15. The van der Waals surface area contributed by atoms with E-state index in [1.165, 1.54) is 37.1 Å². The molecule has 1 atom stereocenters. The zero-order valence-electron chi connectivity index (χ0n) is 11.2. The van der Waals surface area contributed by atoms with Crippen molar-refractivity contribution >= 4 is 6.08 Å². The molecular formula is C14H23N3. The third-order valence-electron chi connectivity index (χ3n) is 3.41. The molecule has 1 aromatic rings. The summed E-state index contributed by atoms with van der Waals surface area (Å²) in [6, 6.07) is 2.81. The lowest BCUT2D eigenvalue weighted by Gasteiger charge is -2.23. The van der Waals surface area contributed by atoms with Gasteiger partial charge >= 0.3 is 0 Å². The van der Waals surface area contributed by atoms with Crippen LogP contribution >= 0.6 is 0 Å². The Morgan fingerprint density at radius 2 is 2.41 bits per heavy atom. The smallest absolute Gasteiger partial charge is 0.0608 e. The molecule has 0 aromatic carbocycles. The standard InChI is InChI=1S/C14H23N3/c1-11(8-13-6-4-5-7-15-13)9-14-10-12(2)16-17(14)3/h9-10,13,15H,4-8H2,1-3H3. The Kier molecular flexibility index (Phi) is 4.00. The van der Waals surface area contributed by atoms with Gasteiger partial charge in [-0.2, -0.15) is 5.10 Å². The maximum Gasteiger partial charge on any atom is 0.0608 e. The van der Waals surface area contributed by atoms with Gasteiger partial charge in [0.2, 0.25) is 0 Å². The first kappa shape index (κ1) is 12.4. The molecule has 17 heavy (non-hydrogen) atoms. The summed E-state index contributed by atoms with van der Waals surface area (Å²) in [4.78, 5) is 0. The van der Waals surface area contributed by atoms with Crippen molar-refractivity contribution in [2.45, 2.75) is 45.6 Å². The van der Waals surface area contributed by atoms with E-state index in [1.807, 2.05) is 18.7 Å². The zero-order chi connectivity index (χ0) is 12.3. The Morgan fingerprint density at radius 3 is 3.00 bits per heavy atom. The van der Waals surface area contributed by atoms with Gasteiger partial charge in [0.1, 0.15) is 0 Å². The number of aromatic nitrogens is 2. The number of hydrogen-bond donors (Lipinski definition) is 1. The molecule has 1 fully saturated rings. The van der Waals surface area contributed by atoms with E-state index in [1.54, 1.807) is 0 Å². The second-order valence-electron chi connectivity index (χ2n) is 5.18. The lowest BCUT2D eigenvalue weighted by Crippen LogP contribution is -2.33. The van der Waals surface area contributed by atoms with Gasteiger partial charge in [-0.1, -0.05) is 12.0 Å². The largest absolute Gasteiger partial charge is 0.314 e. The highest BCUT2D eigenvalue weighted by molar-refractivity contribution is 5.49.